The van der Waals surface area contributed by atoms with E-state index in [2.05, 4.69) is 14.8 Å². The molecule has 6 heteroatoms. The van der Waals surface area contributed by atoms with Gasteiger partial charge in [0.2, 0.25) is 11.9 Å². The Morgan fingerprint density at radius 1 is 1.14 bits per heavy atom. The molecule has 3 aromatic rings. The lowest BCUT2D eigenvalue weighted by molar-refractivity contribution is -0.125. The van der Waals surface area contributed by atoms with Crippen molar-refractivity contribution < 1.29 is 9.18 Å². The predicted molar refractivity (Wildman–Crippen MR) is 109 cm³/mol. The highest BCUT2D eigenvalue weighted by atomic mass is 19.1. The molecular formula is C22H25FN4O. The van der Waals surface area contributed by atoms with Gasteiger partial charge in [-0.25, -0.2) is 9.37 Å². The van der Waals surface area contributed by atoms with Gasteiger partial charge in [-0.15, -0.1) is 0 Å². The first kappa shape index (κ1) is 18.5. The van der Waals surface area contributed by atoms with E-state index in [1.54, 1.807) is 6.07 Å². The molecule has 1 aliphatic heterocycles. The molecule has 1 saturated heterocycles. The number of hydrogen-bond acceptors (Lipinski definition) is 3. The molecule has 1 aromatic heterocycles. The van der Waals surface area contributed by atoms with E-state index < -0.39 is 0 Å². The summed E-state index contributed by atoms with van der Waals surface area (Å²) in [7, 11) is 0. The third-order valence-electron chi connectivity index (χ3n) is 5.42. The van der Waals surface area contributed by atoms with Crippen LogP contribution in [0.25, 0.3) is 11.0 Å². The van der Waals surface area contributed by atoms with Crippen molar-refractivity contribution in [2.45, 2.75) is 26.3 Å². The van der Waals surface area contributed by atoms with Gasteiger partial charge < -0.3 is 14.8 Å². The van der Waals surface area contributed by atoms with E-state index >= 15 is 0 Å². The number of nitrogens with one attached hydrogen (secondary N) is 1. The van der Waals surface area contributed by atoms with Crippen molar-refractivity contribution in [3.63, 3.8) is 0 Å². The minimum absolute atomic E-state index is 0.0561. The monoisotopic (exact) mass is 380 g/mol. The van der Waals surface area contributed by atoms with E-state index in [9.17, 15) is 9.18 Å². The van der Waals surface area contributed by atoms with Gasteiger partial charge in [-0.3, -0.25) is 4.79 Å². The van der Waals surface area contributed by atoms with E-state index in [0.717, 1.165) is 42.9 Å². The van der Waals surface area contributed by atoms with Gasteiger partial charge in [0.25, 0.3) is 0 Å². The molecule has 0 spiro atoms. The lowest BCUT2D eigenvalue weighted by Crippen LogP contribution is -2.41. The summed E-state index contributed by atoms with van der Waals surface area (Å²) in [4.78, 5) is 19.2. The fraction of sp³-hybridized carbons (Fsp3) is 0.364. The van der Waals surface area contributed by atoms with Gasteiger partial charge in [0.05, 0.1) is 17.6 Å². The standard InChI is InChI=1S/C22H25FN4O/c1-2-24-21(28)16-11-13-26(14-12-16)22-25-19-9-5-6-10-20(19)27(22)15-17-7-3-4-8-18(17)23/h3-10,16H,2,11-15H2,1H3,(H,24,28). The largest absolute Gasteiger partial charge is 0.356 e. The molecule has 146 valence electrons. The fourth-order valence-electron chi connectivity index (χ4n) is 3.92. The Morgan fingerprint density at radius 3 is 2.61 bits per heavy atom. The number of imidazole rings is 1. The molecule has 4 rings (SSSR count). The van der Waals surface area contributed by atoms with Crippen LogP contribution in [0, 0.1) is 11.7 Å². The summed E-state index contributed by atoms with van der Waals surface area (Å²) in [5.41, 5.74) is 2.54. The van der Waals surface area contributed by atoms with Gasteiger partial charge >= 0.3 is 0 Å². The zero-order valence-corrected chi connectivity index (χ0v) is 16.1. The van der Waals surface area contributed by atoms with Crippen molar-refractivity contribution in [2.24, 2.45) is 5.92 Å². The number of anilines is 1. The van der Waals surface area contributed by atoms with Crippen molar-refractivity contribution in [3.05, 3.63) is 59.9 Å². The Labute approximate surface area is 164 Å². The van der Waals surface area contributed by atoms with E-state index in [4.69, 9.17) is 4.98 Å². The minimum atomic E-state index is -0.207. The van der Waals surface area contributed by atoms with Crippen molar-refractivity contribution in [3.8, 4) is 0 Å². The average Bonchev–Trinajstić information content (AvgIpc) is 3.08. The van der Waals surface area contributed by atoms with Crippen LogP contribution in [0.5, 0.6) is 0 Å². The average molecular weight is 380 g/mol. The number of fused-ring (bicyclic) bond motifs is 1. The zero-order valence-electron chi connectivity index (χ0n) is 16.1. The van der Waals surface area contributed by atoms with Crippen LogP contribution in [-0.4, -0.2) is 35.1 Å². The number of carbonyl (C=O) groups excluding carboxylic acids is 1. The number of hydrogen-bond donors (Lipinski definition) is 1. The number of rotatable bonds is 5. The second kappa shape index (κ2) is 8.00. The topological polar surface area (TPSA) is 50.2 Å². The van der Waals surface area contributed by atoms with Crippen LogP contribution in [0.1, 0.15) is 25.3 Å². The number of piperidine rings is 1. The summed E-state index contributed by atoms with van der Waals surface area (Å²) in [5, 5.41) is 2.92. The highest BCUT2D eigenvalue weighted by molar-refractivity contribution is 5.80. The van der Waals surface area contributed by atoms with Crippen molar-refractivity contribution in [1.29, 1.82) is 0 Å². The quantitative estimate of drug-likeness (QED) is 0.736. The summed E-state index contributed by atoms with van der Waals surface area (Å²) in [6.45, 7) is 4.57. The zero-order chi connectivity index (χ0) is 19.5. The summed E-state index contributed by atoms with van der Waals surface area (Å²) in [6.07, 6.45) is 1.60. The molecule has 1 aliphatic rings. The van der Waals surface area contributed by atoms with Crippen molar-refractivity contribution in [2.75, 3.05) is 24.5 Å². The first-order valence-electron chi connectivity index (χ1n) is 9.88. The molecule has 0 atom stereocenters. The number of para-hydroxylation sites is 2. The molecule has 0 bridgehead atoms. The first-order chi connectivity index (χ1) is 13.7. The van der Waals surface area contributed by atoms with Gasteiger partial charge in [-0.05, 0) is 38.0 Å². The number of benzene rings is 2. The second-order valence-corrected chi connectivity index (χ2v) is 7.23. The normalized spacial score (nSPS) is 15.1. The van der Waals surface area contributed by atoms with Crippen LogP contribution in [-0.2, 0) is 11.3 Å². The molecule has 2 aromatic carbocycles. The molecule has 5 nitrogen and oxygen atoms in total. The first-order valence-corrected chi connectivity index (χ1v) is 9.88. The SMILES string of the molecule is CCNC(=O)C1CCN(c2nc3ccccc3n2Cc2ccccc2F)CC1. The molecule has 28 heavy (non-hydrogen) atoms. The third kappa shape index (κ3) is 3.59. The maximum atomic E-state index is 14.3. The molecular weight excluding hydrogens is 355 g/mol. The smallest absolute Gasteiger partial charge is 0.223 e. The summed E-state index contributed by atoms with van der Waals surface area (Å²) in [6, 6.07) is 14.8. The molecule has 0 radical (unpaired) electrons. The fourth-order valence-corrected chi connectivity index (χ4v) is 3.92. The second-order valence-electron chi connectivity index (χ2n) is 7.23. The lowest BCUT2D eigenvalue weighted by Gasteiger charge is -2.32. The van der Waals surface area contributed by atoms with Crippen LogP contribution < -0.4 is 10.2 Å². The lowest BCUT2D eigenvalue weighted by atomic mass is 9.96. The Balaban J connectivity index is 1.62. The summed E-state index contributed by atoms with van der Waals surface area (Å²) >= 11 is 0. The van der Waals surface area contributed by atoms with Gasteiger partial charge in [-0.1, -0.05) is 30.3 Å². The van der Waals surface area contributed by atoms with Crippen LogP contribution in [0.2, 0.25) is 0 Å². The Kier molecular flexibility index (Phi) is 5.28. The summed E-state index contributed by atoms with van der Waals surface area (Å²) in [5.74, 6) is 0.836. The van der Waals surface area contributed by atoms with Gasteiger partial charge in [0, 0.05) is 31.1 Å². The van der Waals surface area contributed by atoms with E-state index in [1.807, 2.05) is 43.3 Å². The van der Waals surface area contributed by atoms with E-state index in [-0.39, 0.29) is 17.6 Å². The third-order valence-corrected chi connectivity index (χ3v) is 5.42. The molecule has 1 N–H and O–H groups in total. The van der Waals surface area contributed by atoms with E-state index in [1.165, 1.54) is 6.07 Å². The van der Waals surface area contributed by atoms with Crippen LogP contribution in [0.15, 0.2) is 48.5 Å². The van der Waals surface area contributed by atoms with Gasteiger partial charge in [-0.2, -0.15) is 0 Å². The highest BCUT2D eigenvalue weighted by Crippen LogP contribution is 2.28. The number of halogens is 1. The van der Waals surface area contributed by atoms with Gasteiger partial charge in [0.15, 0.2) is 0 Å². The number of amides is 1. The maximum absolute atomic E-state index is 14.3. The van der Waals surface area contributed by atoms with Crippen LogP contribution in [0.3, 0.4) is 0 Å². The van der Waals surface area contributed by atoms with Crippen LogP contribution >= 0.6 is 0 Å². The van der Waals surface area contributed by atoms with Crippen LogP contribution in [0.4, 0.5) is 10.3 Å². The molecule has 2 heterocycles. The molecule has 0 saturated carbocycles. The number of carbonyl (C=O) groups is 1. The number of aromatic nitrogens is 2. The van der Waals surface area contributed by atoms with Crippen molar-refractivity contribution in [1.82, 2.24) is 14.9 Å². The van der Waals surface area contributed by atoms with Gasteiger partial charge in [0.1, 0.15) is 5.82 Å². The molecule has 0 aliphatic carbocycles. The molecule has 1 amide bonds. The number of nitrogens with zero attached hydrogens (tertiary/aromatic N) is 3. The predicted octanol–water partition coefficient (Wildman–Crippen LogP) is 3.58. The van der Waals surface area contributed by atoms with E-state index in [0.29, 0.717) is 18.7 Å². The highest BCUT2D eigenvalue weighted by Gasteiger charge is 2.27. The maximum Gasteiger partial charge on any atom is 0.223 e. The molecule has 0 unspecified atom stereocenters. The summed E-state index contributed by atoms with van der Waals surface area (Å²) < 4.78 is 16.4. The van der Waals surface area contributed by atoms with Crippen molar-refractivity contribution >= 4 is 22.9 Å². The Hall–Kier alpha value is -2.89. The minimum Gasteiger partial charge on any atom is -0.356 e. The Morgan fingerprint density at radius 2 is 1.86 bits per heavy atom. The molecule has 1 fully saturated rings. The Bertz CT molecular complexity index is 976.